The Hall–Kier alpha value is 0.230. The van der Waals surface area contributed by atoms with E-state index in [1.54, 1.807) is 0 Å². The molecular weight excluding hydrogens is 262 g/mol. The SMILES string of the molecule is Cc1cc(F)cc(I)c1S. The van der Waals surface area contributed by atoms with Crippen molar-refractivity contribution in [1.82, 2.24) is 0 Å². The molecule has 0 bridgehead atoms. The van der Waals surface area contributed by atoms with Crippen LogP contribution >= 0.6 is 35.2 Å². The van der Waals surface area contributed by atoms with Crippen molar-refractivity contribution in [3.8, 4) is 0 Å². The fourth-order valence-corrected chi connectivity index (χ4v) is 1.55. The summed E-state index contributed by atoms with van der Waals surface area (Å²) in [5.74, 6) is -0.195. The molecule has 0 radical (unpaired) electrons. The molecule has 0 N–H and O–H groups in total. The van der Waals surface area contributed by atoms with Crippen LogP contribution in [0.4, 0.5) is 4.39 Å². The van der Waals surface area contributed by atoms with E-state index in [0.717, 1.165) is 14.0 Å². The van der Waals surface area contributed by atoms with Gasteiger partial charge in [-0.3, -0.25) is 0 Å². The molecule has 10 heavy (non-hydrogen) atoms. The molecule has 0 nitrogen and oxygen atoms in total. The molecular formula is C7H6FIS. The quantitative estimate of drug-likeness (QED) is 0.542. The second-order valence-corrected chi connectivity index (χ2v) is 3.66. The second kappa shape index (κ2) is 3.09. The zero-order valence-electron chi connectivity index (χ0n) is 5.36. The maximum Gasteiger partial charge on any atom is 0.124 e. The number of thiol groups is 1. The summed E-state index contributed by atoms with van der Waals surface area (Å²) in [6.07, 6.45) is 0. The Labute approximate surface area is 78.4 Å². The number of rotatable bonds is 0. The lowest BCUT2D eigenvalue weighted by Crippen LogP contribution is -1.84. The van der Waals surface area contributed by atoms with Gasteiger partial charge in [0.05, 0.1) is 0 Å². The monoisotopic (exact) mass is 268 g/mol. The average molecular weight is 268 g/mol. The van der Waals surface area contributed by atoms with Gasteiger partial charge >= 0.3 is 0 Å². The maximum atomic E-state index is 12.6. The van der Waals surface area contributed by atoms with Crippen LogP contribution in [0.15, 0.2) is 17.0 Å². The van der Waals surface area contributed by atoms with Gasteiger partial charge in [0.2, 0.25) is 0 Å². The van der Waals surface area contributed by atoms with Crippen molar-refractivity contribution in [1.29, 1.82) is 0 Å². The minimum Gasteiger partial charge on any atom is -0.207 e. The van der Waals surface area contributed by atoms with Crippen molar-refractivity contribution in [3.63, 3.8) is 0 Å². The van der Waals surface area contributed by atoms with Crippen LogP contribution in [0.1, 0.15) is 5.56 Å². The minimum absolute atomic E-state index is 0.195. The van der Waals surface area contributed by atoms with Gasteiger partial charge in [-0.05, 0) is 47.2 Å². The largest absolute Gasteiger partial charge is 0.207 e. The summed E-state index contributed by atoms with van der Waals surface area (Å²) < 4.78 is 13.4. The smallest absolute Gasteiger partial charge is 0.124 e. The van der Waals surface area contributed by atoms with Crippen molar-refractivity contribution in [2.75, 3.05) is 0 Å². The summed E-state index contributed by atoms with van der Waals surface area (Å²) in [5.41, 5.74) is 0.882. The van der Waals surface area contributed by atoms with Gasteiger partial charge < -0.3 is 0 Å². The molecule has 54 valence electrons. The summed E-state index contributed by atoms with van der Waals surface area (Å²) in [6, 6.07) is 2.94. The van der Waals surface area contributed by atoms with E-state index in [0.29, 0.717) is 0 Å². The standard InChI is InChI=1S/C7H6FIS/c1-4-2-5(8)3-6(9)7(4)10/h2-3,10H,1H3. The average Bonchev–Trinajstić information content (AvgIpc) is 1.82. The zero-order valence-corrected chi connectivity index (χ0v) is 8.41. The Balaban J connectivity index is 3.31. The summed E-state index contributed by atoms with van der Waals surface area (Å²) in [4.78, 5) is 0.863. The lowest BCUT2D eigenvalue weighted by atomic mass is 10.2. The van der Waals surface area contributed by atoms with Crippen LogP contribution in [0, 0.1) is 16.3 Å². The summed E-state index contributed by atoms with van der Waals surface area (Å²) in [6.45, 7) is 1.84. The highest BCUT2D eigenvalue weighted by atomic mass is 127. The van der Waals surface area contributed by atoms with Crippen LogP contribution in [-0.4, -0.2) is 0 Å². The van der Waals surface area contributed by atoms with E-state index in [2.05, 4.69) is 35.2 Å². The van der Waals surface area contributed by atoms with Crippen molar-refractivity contribution in [2.45, 2.75) is 11.8 Å². The highest BCUT2D eigenvalue weighted by molar-refractivity contribution is 14.1. The van der Waals surface area contributed by atoms with E-state index in [9.17, 15) is 4.39 Å². The van der Waals surface area contributed by atoms with Crippen LogP contribution in [0.2, 0.25) is 0 Å². The van der Waals surface area contributed by atoms with Crippen LogP contribution in [0.3, 0.4) is 0 Å². The predicted octanol–water partition coefficient (Wildman–Crippen LogP) is 3.03. The summed E-state index contributed by atoms with van der Waals surface area (Å²) >= 11 is 6.24. The molecule has 0 saturated carbocycles. The van der Waals surface area contributed by atoms with Gasteiger partial charge in [-0.15, -0.1) is 12.6 Å². The van der Waals surface area contributed by atoms with Gasteiger partial charge in [0, 0.05) is 8.47 Å². The highest BCUT2D eigenvalue weighted by Crippen LogP contribution is 2.21. The lowest BCUT2D eigenvalue weighted by molar-refractivity contribution is 0.623. The van der Waals surface area contributed by atoms with Crippen molar-refractivity contribution < 1.29 is 4.39 Å². The molecule has 0 amide bonds. The Morgan fingerprint density at radius 3 is 2.60 bits per heavy atom. The molecule has 0 spiro atoms. The molecule has 0 fully saturated rings. The molecule has 1 rings (SSSR count). The fraction of sp³-hybridized carbons (Fsp3) is 0.143. The first-order valence-electron chi connectivity index (χ1n) is 2.76. The van der Waals surface area contributed by atoms with E-state index >= 15 is 0 Å². The molecule has 1 aromatic rings. The van der Waals surface area contributed by atoms with Crippen molar-refractivity contribution in [2.24, 2.45) is 0 Å². The molecule has 0 aliphatic carbocycles. The van der Waals surface area contributed by atoms with Crippen LogP contribution < -0.4 is 0 Å². The number of halogens is 2. The van der Waals surface area contributed by atoms with E-state index in [-0.39, 0.29) is 5.82 Å². The van der Waals surface area contributed by atoms with Crippen LogP contribution in [-0.2, 0) is 0 Å². The third kappa shape index (κ3) is 1.63. The fourth-order valence-electron chi connectivity index (χ4n) is 0.695. The predicted molar refractivity (Wildman–Crippen MR) is 51.1 cm³/mol. The molecule has 0 aromatic heterocycles. The zero-order chi connectivity index (χ0) is 7.72. The normalized spacial score (nSPS) is 10.0. The Bertz CT molecular complexity index is 237. The molecule has 0 heterocycles. The molecule has 3 heteroatoms. The molecule has 0 atom stereocenters. The highest BCUT2D eigenvalue weighted by Gasteiger charge is 2.00. The first-order chi connectivity index (χ1) is 4.61. The van der Waals surface area contributed by atoms with E-state index in [1.165, 1.54) is 12.1 Å². The molecule has 0 aliphatic heterocycles. The Morgan fingerprint density at radius 2 is 2.10 bits per heavy atom. The van der Waals surface area contributed by atoms with Crippen LogP contribution in [0.25, 0.3) is 0 Å². The lowest BCUT2D eigenvalue weighted by Gasteiger charge is -2.00. The number of benzene rings is 1. The second-order valence-electron chi connectivity index (χ2n) is 2.05. The maximum absolute atomic E-state index is 12.6. The molecule has 0 unspecified atom stereocenters. The molecule has 1 aromatic carbocycles. The Morgan fingerprint density at radius 1 is 1.50 bits per heavy atom. The third-order valence-electron chi connectivity index (χ3n) is 1.22. The topological polar surface area (TPSA) is 0 Å². The van der Waals surface area contributed by atoms with E-state index in [4.69, 9.17) is 0 Å². The van der Waals surface area contributed by atoms with E-state index in [1.807, 2.05) is 6.92 Å². The van der Waals surface area contributed by atoms with Gasteiger partial charge in [-0.25, -0.2) is 4.39 Å². The molecule has 0 aliphatic rings. The minimum atomic E-state index is -0.195. The first kappa shape index (κ1) is 8.33. The van der Waals surface area contributed by atoms with Gasteiger partial charge in [0.25, 0.3) is 0 Å². The van der Waals surface area contributed by atoms with Gasteiger partial charge in [0.15, 0.2) is 0 Å². The first-order valence-corrected chi connectivity index (χ1v) is 4.28. The van der Waals surface area contributed by atoms with Crippen molar-refractivity contribution >= 4 is 35.2 Å². The van der Waals surface area contributed by atoms with Crippen LogP contribution in [0.5, 0.6) is 0 Å². The third-order valence-corrected chi connectivity index (χ3v) is 3.09. The summed E-state index contributed by atoms with van der Waals surface area (Å²) in [5, 5.41) is 0. The summed E-state index contributed by atoms with van der Waals surface area (Å²) in [7, 11) is 0. The van der Waals surface area contributed by atoms with Gasteiger partial charge in [-0.1, -0.05) is 0 Å². The molecule has 0 saturated heterocycles. The van der Waals surface area contributed by atoms with Crippen molar-refractivity contribution in [3.05, 3.63) is 27.1 Å². The number of aryl methyl sites for hydroxylation is 1. The van der Waals surface area contributed by atoms with Gasteiger partial charge in [0.1, 0.15) is 5.82 Å². The number of hydrogen-bond acceptors (Lipinski definition) is 1. The number of hydrogen-bond donors (Lipinski definition) is 1. The van der Waals surface area contributed by atoms with Gasteiger partial charge in [-0.2, -0.15) is 0 Å². The Kier molecular flexibility index (Phi) is 2.57. The van der Waals surface area contributed by atoms with E-state index < -0.39 is 0 Å².